The van der Waals surface area contributed by atoms with Crippen molar-refractivity contribution in [2.75, 3.05) is 0 Å². The van der Waals surface area contributed by atoms with Gasteiger partial charge in [-0.2, -0.15) is 0 Å². The molecule has 0 unspecified atom stereocenters. The number of nitrogens with one attached hydrogen (secondary N) is 2. The van der Waals surface area contributed by atoms with Gasteiger partial charge in [0, 0.05) is 26.0 Å². The van der Waals surface area contributed by atoms with Gasteiger partial charge in [-0.05, 0) is 17.5 Å². The van der Waals surface area contributed by atoms with E-state index >= 15 is 0 Å². The molecule has 1 aromatic carbocycles. The van der Waals surface area contributed by atoms with Crippen LogP contribution in [0, 0.1) is 0 Å². The summed E-state index contributed by atoms with van der Waals surface area (Å²) in [4.78, 5) is 16.4. The lowest BCUT2D eigenvalue weighted by Gasteiger charge is -2.25. The Hall–Kier alpha value is -2.14. The molecule has 1 atom stereocenters. The van der Waals surface area contributed by atoms with Crippen LogP contribution in [0.25, 0.3) is 0 Å². The minimum atomic E-state index is -0.162. The van der Waals surface area contributed by atoms with Crippen molar-refractivity contribution in [1.82, 2.24) is 20.2 Å². The van der Waals surface area contributed by atoms with Crippen LogP contribution in [0.15, 0.2) is 36.7 Å². The van der Waals surface area contributed by atoms with E-state index in [1.807, 2.05) is 29.9 Å². The largest absolute Gasteiger partial charge is 0.348 e. The van der Waals surface area contributed by atoms with Crippen molar-refractivity contribution in [3.05, 3.63) is 53.6 Å². The average Bonchev–Trinajstić information content (AvgIpc) is 2.89. The first-order chi connectivity index (χ1) is 9.74. The van der Waals surface area contributed by atoms with Gasteiger partial charge in [-0.25, -0.2) is 4.98 Å². The monoisotopic (exact) mass is 270 g/mol. The van der Waals surface area contributed by atoms with Crippen LogP contribution in [0.5, 0.6) is 0 Å². The van der Waals surface area contributed by atoms with E-state index < -0.39 is 0 Å². The number of hydrogen-bond donors (Lipinski definition) is 2. The van der Waals surface area contributed by atoms with Gasteiger partial charge in [0.2, 0.25) is 5.91 Å². The maximum atomic E-state index is 12.2. The van der Waals surface area contributed by atoms with Gasteiger partial charge in [0.1, 0.15) is 5.82 Å². The van der Waals surface area contributed by atoms with Crippen LogP contribution in [-0.2, 0) is 31.4 Å². The van der Waals surface area contributed by atoms with E-state index in [1.165, 1.54) is 11.1 Å². The van der Waals surface area contributed by atoms with E-state index in [2.05, 4.69) is 27.8 Å². The van der Waals surface area contributed by atoms with Crippen molar-refractivity contribution >= 4 is 5.91 Å². The Morgan fingerprint density at radius 2 is 2.25 bits per heavy atom. The van der Waals surface area contributed by atoms with Gasteiger partial charge in [0.25, 0.3) is 0 Å². The summed E-state index contributed by atoms with van der Waals surface area (Å²) in [5, 5.41) is 6.22. The van der Waals surface area contributed by atoms with E-state index in [9.17, 15) is 4.79 Å². The molecule has 0 saturated carbocycles. The molecular formula is C15H18N4O. The molecule has 2 N–H and O–H groups in total. The Morgan fingerprint density at radius 3 is 3.00 bits per heavy atom. The summed E-state index contributed by atoms with van der Waals surface area (Å²) in [7, 11) is 1.92. The zero-order chi connectivity index (χ0) is 13.9. The van der Waals surface area contributed by atoms with E-state index in [0.29, 0.717) is 6.54 Å². The first-order valence-corrected chi connectivity index (χ1v) is 6.78. The first-order valence-electron chi connectivity index (χ1n) is 6.78. The predicted molar refractivity (Wildman–Crippen MR) is 75.8 cm³/mol. The molecule has 5 nitrogen and oxygen atoms in total. The van der Waals surface area contributed by atoms with Gasteiger partial charge >= 0.3 is 0 Å². The van der Waals surface area contributed by atoms with Crippen molar-refractivity contribution in [3.8, 4) is 0 Å². The highest BCUT2D eigenvalue weighted by atomic mass is 16.2. The summed E-state index contributed by atoms with van der Waals surface area (Å²) in [6, 6.07) is 8.08. The number of nitrogens with zero attached hydrogens (tertiary/aromatic N) is 2. The topological polar surface area (TPSA) is 59.0 Å². The van der Waals surface area contributed by atoms with Crippen LogP contribution >= 0.6 is 0 Å². The quantitative estimate of drug-likeness (QED) is 0.865. The van der Waals surface area contributed by atoms with Crippen LogP contribution in [0.4, 0.5) is 0 Å². The molecule has 5 heteroatoms. The third kappa shape index (κ3) is 2.58. The van der Waals surface area contributed by atoms with E-state index in [4.69, 9.17) is 0 Å². The third-order valence-electron chi connectivity index (χ3n) is 3.74. The van der Waals surface area contributed by atoms with Gasteiger partial charge in [-0.3, -0.25) is 4.79 Å². The Balaban J connectivity index is 1.60. The summed E-state index contributed by atoms with van der Waals surface area (Å²) in [6.07, 6.45) is 4.34. The standard InChI is InChI=1S/C15H18N4O/c1-19-7-6-16-14(19)10-18-15(20)13-8-11-4-2-3-5-12(11)9-17-13/h2-7,13,17H,8-10H2,1H3,(H,18,20)/t13-/m1/s1. The molecule has 0 spiro atoms. The van der Waals surface area contributed by atoms with Gasteiger partial charge in [-0.1, -0.05) is 24.3 Å². The summed E-state index contributed by atoms with van der Waals surface area (Å²) in [5.74, 6) is 0.886. The molecule has 3 rings (SSSR count). The minimum absolute atomic E-state index is 0.0301. The van der Waals surface area contributed by atoms with Crippen molar-refractivity contribution in [2.24, 2.45) is 7.05 Å². The number of carbonyl (C=O) groups is 1. The molecule has 1 amide bonds. The molecular weight excluding hydrogens is 252 g/mol. The third-order valence-corrected chi connectivity index (χ3v) is 3.74. The van der Waals surface area contributed by atoms with Crippen molar-refractivity contribution in [2.45, 2.75) is 25.6 Å². The summed E-state index contributed by atoms with van der Waals surface area (Å²) < 4.78 is 1.91. The maximum absolute atomic E-state index is 12.2. The number of benzene rings is 1. The van der Waals surface area contributed by atoms with E-state index in [0.717, 1.165) is 18.8 Å². The second-order valence-corrected chi connectivity index (χ2v) is 5.08. The molecule has 1 aromatic heterocycles. The predicted octanol–water partition coefficient (Wildman–Crippen LogP) is 0.751. The molecule has 0 aliphatic carbocycles. The lowest BCUT2D eigenvalue weighted by molar-refractivity contribution is -0.123. The molecule has 1 aliphatic rings. The molecule has 0 saturated heterocycles. The van der Waals surface area contributed by atoms with E-state index in [-0.39, 0.29) is 11.9 Å². The van der Waals surface area contributed by atoms with E-state index in [1.54, 1.807) is 6.20 Å². The Kier molecular flexibility index (Phi) is 3.52. The molecule has 2 aromatic rings. The summed E-state index contributed by atoms with van der Waals surface area (Å²) in [5.41, 5.74) is 2.53. The first kappa shape index (κ1) is 12.9. The molecule has 20 heavy (non-hydrogen) atoms. The van der Waals surface area contributed by atoms with Crippen molar-refractivity contribution in [1.29, 1.82) is 0 Å². The number of aryl methyl sites for hydroxylation is 1. The number of fused-ring (bicyclic) bond motifs is 1. The Labute approximate surface area is 118 Å². The van der Waals surface area contributed by atoms with Crippen LogP contribution in [0.2, 0.25) is 0 Å². The molecule has 0 radical (unpaired) electrons. The van der Waals surface area contributed by atoms with Crippen molar-refractivity contribution < 1.29 is 4.79 Å². The molecule has 1 aliphatic heterocycles. The number of amides is 1. The van der Waals surface area contributed by atoms with Gasteiger partial charge in [-0.15, -0.1) is 0 Å². The van der Waals surface area contributed by atoms with Gasteiger partial charge < -0.3 is 15.2 Å². The smallest absolute Gasteiger partial charge is 0.237 e. The number of imidazole rings is 1. The van der Waals surface area contributed by atoms with Crippen LogP contribution in [0.3, 0.4) is 0 Å². The number of rotatable bonds is 3. The lowest BCUT2D eigenvalue weighted by atomic mass is 9.95. The molecule has 104 valence electrons. The minimum Gasteiger partial charge on any atom is -0.348 e. The molecule has 0 bridgehead atoms. The highest BCUT2D eigenvalue weighted by Crippen LogP contribution is 2.16. The van der Waals surface area contributed by atoms with Crippen LogP contribution in [-0.4, -0.2) is 21.5 Å². The Morgan fingerprint density at radius 1 is 1.45 bits per heavy atom. The maximum Gasteiger partial charge on any atom is 0.237 e. The summed E-state index contributed by atoms with van der Waals surface area (Å²) >= 11 is 0. The van der Waals surface area contributed by atoms with Gasteiger partial charge in [0.05, 0.1) is 12.6 Å². The van der Waals surface area contributed by atoms with Gasteiger partial charge in [0.15, 0.2) is 0 Å². The SMILES string of the molecule is Cn1ccnc1CNC(=O)[C@H]1Cc2ccccc2CN1. The lowest BCUT2D eigenvalue weighted by Crippen LogP contribution is -2.47. The van der Waals surface area contributed by atoms with Crippen LogP contribution < -0.4 is 10.6 Å². The number of aromatic nitrogens is 2. The highest BCUT2D eigenvalue weighted by Gasteiger charge is 2.23. The van der Waals surface area contributed by atoms with Crippen molar-refractivity contribution in [3.63, 3.8) is 0 Å². The van der Waals surface area contributed by atoms with Crippen LogP contribution in [0.1, 0.15) is 17.0 Å². The fourth-order valence-electron chi connectivity index (χ4n) is 2.50. The fourth-order valence-corrected chi connectivity index (χ4v) is 2.50. The normalized spacial score (nSPS) is 17.6. The zero-order valence-electron chi connectivity index (χ0n) is 11.5. The average molecular weight is 270 g/mol. The zero-order valence-corrected chi connectivity index (χ0v) is 11.5. The number of hydrogen-bond acceptors (Lipinski definition) is 3. The summed E-state index contributed by atoms with van der Waals surface area (Å²) in [6.45, 7) is 1.21. The number of carbonyl (C=O) groups excluding carboxylic acids is 1. The second kappa shape index (κ2) is 5.46. The Bertz CT molecular complexity index is 620. The molecule has 0 fully saturated rings. The molecule has 2 heterocycles. The second-order valence-electron chi connectivity index (χ2n) is 5.08. The highest BCUT2D eigenvalue weighted by molar-refractivity contribution is 5.82. The fraction of sp³-hybridized carbons (Fsp3) is 0.333.